The largest absolute Gasteiger partial charge is 0.326 e. The van der Waals surface area contributed by atoms with E-state index in [4.69, 9.17) is 0 Å². The van der Waals surface area contributed by atoms with Gasteiger partial charge in [0.05, 0.1) is 0 Å². The summed E-state index contributed by atoms with van der Waals surface area (Å²) in [7, 11) is 0. The van der Waals surface area contributed by atoms with Crippen molar-refractivity contribution in [1.82, 2.24) is 0 Å². The van der Waals surface area contributed by atoms with Gasteiger partial charge in [-0.2, -0.15) is 0 Å². The van der Waals surface area contributed by atoms with Gasteiger partial charge in [-0.05, 0) is 35.7 Å². The molecule has 4 heteroatoms. The van der Waals surface area contributed by atoms with Crippen molar-refractivity contribution >= 4 is 23.2 Å². The van der Waals surface area contributed by atoms with Crippen LogP contribution in [0.3, 0.4) is 0 Å². The van der Waals surface area contributed by atoms with Crippen molar-refractivity contribution in [1.29, 1.82) is 0 Å². The Labute approximate surface area is 171 Å². The van der Waals surface area contributed by atoms with Gasteiger partial charge >= 0.3 is 0 Å². The Bertz CT molecular complexity index is 946. The molecule has 1 N–H and O–H groups in total. The number of carbonyl (C=O) groups is 2. The molecule has 0 bridgehead atoms. The zero-order valence-corrected chi connectivity index (χ0v) is 16.3. The third-order valence-electron chi connectivity index (χ3n) is 5.31. The van der Waals surface area contributed by atoms with Crippen molar-refractivity contribution in [3.63, 3.8) is 0 Å². The molecule has 1 heterocycles. The van der Waals surface area contributed by atoms with Gasteiger partial charge in [-0.3, -0.25) is 9.59 Å². The van der Waals surface area contributed by atoms with Gasteiger partial charge in [-0.15, -0.1) is 0 Å². The van der Waals surface area contributed by atoms with E-state index in [9.17, 15) is 9.59 Å². The van der Waals surface area contributed by atoms with Crippen molar-refractivity contribution < 1.29 is 9.59 Å². The predicted octanol–water partition coefficient (Wildman–Crippen LogP) is 4.97. The fraction of sp³-hybridized carbons (Fsp3) is 0.200. The summed E-state index contributed by atoms with van der Waals surface area (Å²) in [6, 6.07) is 27.7. The van der Waals surface area contributed by atoms with Crippen molar-refractivity contribution in [3.8, 4) is 0 Å². The van der Waals surface area contributed by atoms with Gasteiger partial charge in [0, 0.05) is 36.7 Å². The van der Waals surface area contributed by atoms with Crippen molar-refractivity contribution in [2.45, 2.75) is 25.2 Å². The number of benzene rings is 3. The Hall–Kier alpha value is -3.40. The standard InChI is InChI=1S/C25H24N2O2/c28-24(26-21-13-7-14-22(17-21)27-16-8-15-25(27)29)18-23(19-9-3-1-4-10-19)20-11-5-2-6-12-20/h1-7,9-14,17,23H,8,15-16,18H2,(H,26,28). The van der Waals surface area contributed by atoms with Gasteiger partial charge in [-0.1, -0.05) is 66.7 Å². The Kier molecular flexibility index (Phi) is 5.71. The van der Waals surface area contributed by atoms with Crippen molar-refractivity contribution in [3.05, 3.63) is 96.1 Å². The maximum absolute atomic E-state index is 12.9. The average Bonchev–Trinajstić information content (AvgIpc) is 3.19. The molecule has 0 unspecified atom stereocenters. The molecule has 0 aliphatic carbocycles. The van der Waals surface area contributed by atoms with E-state index in [1.165, 1.54) is 0 Å². The van der Waals surface area contributed by atoms with Crippen molar-refractivity contribution in [2.24, 2.45) is 0 Å². The summed E-state index contributed by atoms with van der Waals surface area (Å²) in [5.41, 5.74) is 3.79. The molecule has 1 aliphatic rings. The van der Waals surface area contributed by atoms with Crippen LogP contribution in [0, 0.1) is 0 Å². The van der Waals surface area contributed by atoms with Gasteiger partial charge in [0.2, 0.25) is 11.8 Å². The molecule has 2 amide bonds. The van der Waals surface area contributed by atoms with Crippen LogP contribution in [-0.2, 0) is 9.59 Å². The summed E-state index contributed by atoms with van der Waals surface area (Å²) in [5, 5.41) is 3.01. The highest BCUT2D eigenvalue weighted by atomic mass is 16.2. The van der Waals surface area contributed by atoms with E-state index in [1.807, 2.05) is 60.7 Å². The van der Waals surface area contributed by atoms with Gasteiger partial charge < -0.3 is 10.2 Å². The zero-order valence-electron chi connectivity index (χ0n) is 16.3. The van der Waals surface area contributed by atoms with E-state index in [1.54, 1.807) is 4.90 Å². The number of carbonyl (C=O) groups excluding carboxylic acids is 2. The topological polar surface area (TPSA) is 49.4 Å². The Balaban J connectivity index is 1.51. The first-order valence-electron chi connectivity index (χ1n) is 10.0. The molecule has 146 valence electrons. The highest BCUT2D eigenvalue weighted by Gasteiger charge is 2.22. The lowest BCUT2D eigenvalue weighted by atomic mass is 9.88. The maximum atomic E-state index is 12.9. The van der Waals surface area contributed by atoms with Crippen LogP contribution in [-0.4, -0.2) is 18.4 Å². The first-order valence-corrected chi connectivity index (χ1v) is 10.0. The minimum atomic E-state index is -0.0485. The van der Waals surface area contributed by atoms with Gasteiger partial charge in [0.15, 0.2) is 0 Å². The van der Waals surface area contributed by atoms with E-state index >= 15 is 0 Å². The Morgan fingerprint density at radius 3 is 2.14 bits per heavy atom. The van der Waals surface area contributed by atoms with Gasteiger partial charge in [-0.25, -0.2) is 0 Å². The molecular weight excluding hydrogens is 360 g/mol. The van der Waals surface area contributed by atoms with Crippen LogP contribution in [0.5, 0.6) is 0 Å². The van der Waals surface area contributed by atoms with Crippen molar-refractivity contribution in [2.75, 3.05) is 16.8 Å². The van der Waals surface area contributed by atoms with Gasteiger partial charge in [0.25, 0.3) is 0 Å². The second-order valence-corrected chi connectivity index (χ2v) is 7.33. The molecule has 1 aliphatic heterocycles. The number of nitrogens with one attached hydrogen (secondary N) is 1. The number of rotatable bonds is 6. The van der Waals surface area contributed by atoms with E-state index in [2.05, 4.69) is 29.6 Å². The second-order valence-electron chi connectivity index (χ2n) is 7.33. The lowest BCUT2D eigenvalue weighted by Gasteiger charge is -2.19. The monoisotopic (exact) mass is 384 g/mol. The summed E-state index contributed by atoms with van der Waals surface area (Å²) >= 11 is 0. The fourth-order valence-corrected chi connectivity index (χ4v) is 3.87. The molecule has 3 aromatic rings. The molecule has 4 nitrogen and oxygen atoms in total. The number of hydrogen-bond acceptors (Lipinski definition) is 2. The minimum absolute atomic E-state index is 0.0132. The molecule has 3 aromatic carbocycles. The number of nitrogens with zero attached hydrogens (tertiary/aromatic N) is 1. The van der Waals surface area contributed by atoms with Crippen LogP contribution in [0.2, 0.25) is 0 Å². The zero-order chi connectivity index (χ0) is 20.1. The number of amides is 2. The quantitative estimate of drug-likeness (QED) is 0.652. The maximum Gasteiger partial charge on any atom is 0.227 e. The summed E-state index contributed by atoms with van der Waals surface area (Å²) in [5.74, 6) is 0.0787. The number of anilines is 2. The summed E-state index contributed by atoms with van der Waals surface area (Å²) in [6.45, 7) is 0.736. The lowest BCUT2D eigenvalue weighted by Crippen LogP contribution is -2.24. The van der Waals surface area contributed by atoms with Crippen LogP contribution in [0.4, 0.5) is 11.4 Å². The van der Waals surface area contributed by atoms with Crippen LogP contribution >= 0.6 is 0 Å². The van der Waals surface area contributed by atoms with Crippen LogP contribution in [0.15, 0.2) is 84.9 Å². The Morgan fingerprint density at radius 2 is 1.55 bits per heavy atom. The lowest BCUT2D eigenvalue weighted by molar-refractivity contribution is -0.117. The molecule has 1 saturated heterocycles. The third-order valence-corrected chi connectivity index (χ3v) is 5.31. The van der Waals surface area contributed by atoms with E-state index in [-0.39, 0.29) is 17.7 Å². The van der Waals surface area contributed by atoms with E-state index in [0.29, 0.717) is 18.5 Å². The van der Waals surface area contributed by atoms with E-state index < -0.39 is 0 Å². The molecule has 0 atom stereocenters. The summed E-state index contributed by atoms with van der Waals surface area (Å²) in [4.78, 5) is 26.7. The van der Waals surface area contributed by atoms with Crippen LogP contribution < -0.4 is 10.2 Å². The Morgan fingerprint density at radius 1 is 0.897 bits per heavy atom. The molecule has 0 radical (unpaired) electrons. The average molecular weight is 384 g/mol. The second kappa shape index (κ2) is 8.74. The first-order chi connectivity index (χ1) is 14.2. The fourth-order valence-electron chi connectivity index (χ4n) is 3.87. The molecule has 4 rings (SSSR count). The SMILES string of the molecule is O=C(CC(c1ccccc1)c1ccccc1)Nc1cccc(N2CCCC2=O)c1. The highest BCUT2D eigenvalue weighted by Crippen LogP contribution is 2.29. The molecule has 1 fully saturated rings. The first kappa shape index (κ1) is 18.9. The summed E-state index contributed by atoms with van der Waals surface area (Å²) < 4.78 is 0. The third kappa shape index (κ3) is 4.54. The normalized spacial score (nSPS) is 13.7. The molecular formula is C25H24N2O2. The molecule has 29 heavy (non-hydrogen) atoms. The molecule has 0 aromatic heterocycles. The van der Waals surface area contributed by atoms with Crippen LogP contribution in [0.1, 0.15) is 36.3 Å². The smallest absolute Gasteiger partial charge is 0.227 e. The number of hydrogen-bond donors (Lipinski definition) is 1. The highest BCUT2D eigenvalue weighted by molar-refractivity contribution is 5.97. The predicted molar refractivity (Wildman–Crippen MR) is 116 cm³/mol. The van der Waals surface area contributed by atoms with Gasteiger partial charge in [0.1, 0.15) is 0 Å². The van der Waals surface area contributed by atoms with Crippen LogP contribution in [0.25, 0.3) is 0 Å². The molecule has 0 spiro atoms. The summed E-state index contributed by atoms with van der Waals surface area (Å²) in [6.07, 6.45) is 1.82. The van der Waals surface area contributed by atoms with E-state index in [0.717, 1.165) is 29.8 Å². The molecule has 0 saturated carbocycles. The minimum Gasteiger partial charge on any atom is -0.326 e.